The molecule has 0 saturated carbocycles. The summed E-state index contributed by atoms with van der Waals surface area (Å²) in [7, 11) is -3.65. The fourth-order valence-corrected chi connectivity index (χ4v) is 2.57. The van der Waals surface area contributed by atoms with Crippen LogP contribution < -0.4 is 9.50 Å². The minimum Gasteiger partial charge on any atom is -0.463 e. The molecule has 1 aromatic rings. The summed E-state index contributed by atoms with van der Waals surface area (Å²) in [6.45, 7) is 8.64. The van der Waals surface area contributed by atoms with Crippen LogP contribution >= 0.6 is 0 Å². The summed E-state index contributed by atoms with van der Waals surface area (Å²) in [5, 5.41) is 2.64. The molecule has 9 heteroatoms. The number of rotatable bonds is 7. The maximum Gasteiger partial charge on any atom is 0.408 e. The number of nitrogens with one attached hydrogen (secondary N) is 1. The lowest BCUT2D eigenvalue weighted by Crippen LogP contribution is -2.36. The smallest absolute Gasteiger partial charge is 0.408 e. The molecule has 1 amide bonds. The van der Waals surface area contributed by atoms with E-state index in [0.717, 1.165) is 6.26 Å². The molecule has 0 aliphatic rings. The molecule has 0 aliphatic heterocycles. The Morgan fingerprint density at radius 1 is 1.11 bits per heavy atom. The molecule has 0 saturated heterocycles. The van der Waals surface area contributed by atoms with E-state index in [1.807, 2.05) is 0 Å². The van der Waals surface area contributed by atoms with E-state index in [2.05, 4.69) is 5.32 Å². The Labute approximate surface area is 160 Å². The lowest BCUT2D eigenvalue weighted by atomic mass is 10.0. The summed E-state index contributed by atoms with van der Waals surface area (Å²) in [5.41, 5.74) is -0.123. The van der Waals surface area contributed by atoms with Crippen LogP contribution in [-0.2, 0) is 24.4 Å². The molecular formula is C18H27NO7S. The molecule has 0 bridgehead atoms. The van der Waals surface area contributed by atoms with Crippen molar-refractivity contribution in [3.05, 3.63) is 29.8 Å². The van der Waals surface area contributed by atoms with Gasteiger partial charge in [0.05, 0.1) is 24.8 Å². The van der Waals surface area contributed by atoms with Crippen molar-refractivity contribution in [1.82, 2.24) is 5.32 Å². The third kappa shape index (κ3) is 9.83. The number of carbonyl (C=O) groups is 2. The fourth-order valence-electron chi connectivity index (χ4n) is 2.11. The molecule has 0 aliphatic carbocycles. The van der Waals surface area contributed by atoms with Gasteiger partial charge in [0.2, 0.25) is 0 Å². The molecule has 0 radical (unpaired) electrons. The molecule has 0 spiro atoms. The van der Waals surface area contributed by atoms with Crippen LogP contribution in [0.15, 0.2) is 24.3 Å². The van der Waals surface area contributed by atoms with E-state index in [1.165, 1.54) is 12.1 Å². The maximum atomic E-state index is 12.1. The number of ether oxygens (including phenoxy) is 2. The molecule has 1 rings (SSSR count). The highest BCUT2D eigenvalue weighted by Crippen LogP contribution is 2.22. The first-order chi connectivity index (χ1) is 12.2. The molecule has 27 heavy (non-hydrogen) atoms. The molecule has 152 valence electrons. The number of hydrogen-bond donors (Lipinski definition) is 1. The van der Waals surface area contributed by atoms with Crippen molar-refractivity contribution >= 4 is 22.2 Å². The molecule has 8 nitrogen and oxygen atoms in total. The maximum absolute atomic E-state index is 12.1. The summed E-state index contributed by atoms with van der Waals surface area (Å²) in [6.07, 6.45) is -0.133. The second-order valence-corrected chi connectivity index (χ2v) is 8.87. The predicted octanol–water partition coefficient (Wildman–Crippen LogP) is 2.93. The fraction of sp³-hybridized carbons (Fsp3) is 0.556. The van der Waals surface area contributed by atoms with E-state index in [9.17, 15) is 18.0 Å². The molecule has 0 aromatic heterocycles. The number of benzene rings is 1. The zero-order valence-electron chi connectivity index (χ0n) is 16.4. The van der Waals surface area contributed by atoms with Crippen LogP contribution in [0.25, 0.3) is 0 Å². The van der Waals surface area contributed by atoms with E-state index in [4.69, 9.17) is 13.7 Å². The van der Waals surface area contributed by atoms with Crippen LogP contribution in [0.4, 0.5) is 4.79 Å². The minimum absolute atomic E-state index is 0.107. The molecule has 1 N–H and O–H groups in total. The Bertz CT molecular complexity index is 749. The second-order valence-electron chi connectivity index (χ2n) is 7.30. The molecular weight excluding hydrogens is 374 g/mol. The quantitative estimate of drug-likeness (QED) is 0.553. The Hall–Kier alpha value is -2.29. The number of alkyl carbamates (subject to hydrolysis) is 1. The van der Waals surface area contributed by atoms with Crippen molar-refractivity contribution in [1.29, 1.82) is 0 Å². The highest BCUT2D eigenvalue weighted by molar-refractivity contribution is 7.86. The van der Waals surface area contributed by atoms with Gasteiger partial charge in [0.25, 0.3) is 0 Å². The van der Waals surface area contributed by atoms with E-state index in [1.54, 1.807) is 46.8 Å². The van der Waals surface area contributed by atoms with Crippen molar-refractivity contribution in [3.8, 4) is 5.75 Å². The van der Waals surface area contributed by atoms with Crippen molar-refractivity contribution in [2.24, 2.45) is 0 Å². The Morgan fingerprint density at radius 3 is 2.11 bits per heavy atom. The number of carbonyl (C=O) groups excluding carboxylic acids is 2. The van der Waals surface area contributed by atoms with E-state index in [-0.39, 0.29) is 18.3 Å². The van der Waals surface area contributed by atoms with Gasteiger partial charge in [-0.3, -0.25) is 4.79 Å². The number of esters is 1. The van der Waals surface area contributed by atoms with Crippen molar-refractivity contribution in [2.75, 3.05) is 6.26 Å². The lowest BCUT2D eigenvalue weighted by Gasteiger charge is -2.24. The number of amides is 1. The molecule has 1 atom stereocenters. The van der Waals surface area contributed by atoms with Gasteiger partial charge in [-0.1, -0.05) is 12.1 Å². The summed E-state index contributed by atoms with van der Waals surface area (Å²) < 4.78 is 37.5. The van der Waals surface area contributed by atoms with Gasteiger partial charge in [-0.2, -0.15) is 8.42 Å². The summed E-state index contributed by atoms with van der Waals surface area (Å²) in [5.74, 6) is -0.357. The standard InChI is InChI=1S/C18H27NO7S/c1-12(2)24-16(20)11-15(19-17(21)25-18(3,4)5)13-7-9-14(10-8-13)26-27(6,22)23/h7-10,12,15H,11H2,1-6H3,(H,19,21). The zero-order valence-corrected chi connectivity index (χ0v) is 17.3. The topological polar surface area (TPSA) is 108 Å². The number of hydrogen-bond acceptors (Lipinski definition) is 7. The molecule has 1 aromatic carbocycles. The van der Waals surface area contributed by atoms with Crippen LogP contribution in [0.2, 0.25) is 0 Å². The summed E-state index contributed by atoms with van der Waals surface area (Å²) >= 11 is 0. The Kier molecular flexibility index (Phi) is 7.65. The van der Waals surface area contributed by atoms with E-state index in [0.29, 0.717) is 5.56 Å². The second kappa shape index (κ2) is 9.07. The first-order valence-electron chi connectivity index (χ1n) is 8.43. The first kappa shape index (κ1) is 22.8. The minimum atomic E-state index is -3.65. The highest BCUT2D eigenvalue weighted by Gasteiger charge is 2.23. The zero-order chi connectivity index (χ0) is 20.8. The van der Waals surface area contributed by atoms with Gasteiger partial charge < -0.3 is 19.0 Å². The average Bonchev–Trinajstić information content (AvgIpc) is 2.42. The van der Waals surface area contributed by atoms with Crippen LogP contribution in [0, 0.1) is 0 Å². The normalized spacial score (nSPS) is 13.0. The van der Waals surface area contributed by atoms with Crippen LogP contribution in [0.3, 0.4) is 0 Å². The van der Waals surface area contributed by atoms with Gasteiger partial charge >= 0.3 is 22.2 Å². The summed E-state index contributed by atoms with van der Waals surface area (Å²) in [4.78, 5) is 24.2. The van der Waals surface area contributed by atoms with Gasteiger partial charge in [-0.15, -0.1) is 0 Å². The highest BCUT2D eigenvalue weighted by atomic mass is 32.2. The van der Waals surface area contributed by atoms with Gasteiger partial charge in [-0.05, 0) is 52.3 Å². The largest absolute Gasteiger partial charge is 0.463 e. The molecule has 0 heterocycles. The Balaban J connectivity index is 2.98. The van der Waals surface area contributed by atoms with Crippen LogP contribution in [0.1, 0.15) is 52.6 Å². The third-order valence-corrected chi connectivity index (χ3v) is 3.45. The average molecular weight is 401 g/mol. The van der Waals surface area contributed by atoms with Gasteiger partial charge in [-0.25, -0.2) is 4.79 Å². The lowest BCUT2D eigenvalue weighted by molar-refractivity contribution is -0.148. The van der Waals surface area contributed by atoms with E-state index >= 15 is 0 Å². The Morgan fingerprint density at radius 2 is 1.67 bits per heavy atom. The first-order valence-corrected chi connectivity index (χ1v) is 10.3. The SMILES string of the molecule is CC(C)OC(=O)CC(NC(=O)OC(C)(C)C)c1ccc(OS(C)(=O)=O)cc1. The molecule has 1 unspecified atom stereocenters. The van der Waals surface area contributed by atoms with Crippen molar-refractivity contribution in [3.63, 3.8) is 0 Å². The van der Waals surface area contributed by atoms with Gasteiger partial charge in [0, 0.05) is 0 Å². The van der Waals surface area contributed by atoms with Crippen LogP contribution in [-0.4, -0.2) is 38.4 Å². The van der Waals surface area contributed by atoms with Crippen molar-refractivity contribution < 1.29 is 31.7 Å². The van der Waals surface area contributed by atoms with E-state index < -0.39 is 33.8 Å². The molecule has 0 fully saturated rings. The van der Waals surface area contributed by atoms with Crippen molar-refractivity contribution in [2.45, 2.75) is 58.8 Å². The van der Waals surface area contributed by atoms with Crippen LogP contribution in [0.5, 0.6) is 5.75 Å². The predicted molar refractivity (Wildman–Crippen MR) is 99.9 cm³/mol. The monoisotopic (exact) mass is 401 g/mol. The summed E-state index contributed by atoms with van der Waals surface area (Å²) in [6, 6.07) is 5.29. The third-order valence-electron chi connectivity index (χ3n) is 2.96. The van der Waals surface area contributed by atoms with Gasteiger partial charge in [0.15, 0.2) is 0 Å². The van der Waals surface area contributed by atoms with Gasteiger partial charge in [0.1, 0.15) is 11.4 Å².